The van der Waals surface area contributed by atoms with Crippen molar-refractivity contribution in [2.24, 2.45) is 0 Å². The molecule has 220 valence electrons. The van der Waals surface area contributed by atoms with Gasteiger partial charge in [0.05, 0.1) is 63.6 Å². The van der Waals surface area contributed by atoms with Gasteiger partial charge < -0.3 is 28.4 Å². The maximum Gasteiger partial charge on any atom is 0.345 e. The van der Waals surface area contributed by atoms with Gasteiger partial charge in [0, 0.05) is 23.9 Å². The maximum absolute atomic E-state index is 11.5. The van der Waals surface area contributed by atoms with Crippen LogP contribution in [-0.2, 0) is 9.47 Å². The number of ether oxygens (including phenoxy) is 6. The second kappa shape index (κ2) is 17.5. The van der Waals surface area contributed by atoms with Crippen molar-refractivity contribution in [2.45, 2.75) is 12.8 Å². The molecule has 0 radical (unpaired) electrons. The number of alkyl halides is 2. The highest BCUT2D eigenvalue weighted by Gasteiger charge is 2.26. The summed E-state index contributed by atoms with van der Waals surface area (Å²) in [6.07, 6.45) is 1.16. The fourth-order valence-electron chi connectivity index (χ4n) is 2.97. The fraction of sp³-hybridized carbons (Fsp3) is 0.417. The second-order valence-electron chi connectivity index (χ2n) is 7.32. The van der Waals surface area contributed by atoms with Gasteiger partial charge in [-0.1, -0.05) is 0 Å². The maximum atomic E-state index is 11.5. The van der Waals surface area contributed by atoms with Crippen molar-refractivity contribution in [1.82, 2.24) is 0 Å². The first-order valence-electron chi connectivity index (χ1n) is 11.4. The van der Waals surface area contributed by atoms with Crippen LogP contribution in [0.3, 0.4) is 0 Å². The van der Waals surface area contributed by atoms with Crippen LogP contribution in [0.5, 0.6) is 23.0 Å². The summed E-state index contributed by atoms with van der Waals surface area (Å²) in [5, 5.41) is 22.0. The third-order valence-electron chi connectivity index (χ3n) is 4.84. The number of benzene rings is 2. The van der Waals surface area contributed by atoms with Crippen LogP contribution < -0.4 is 18.9 Å². The molecule has 0 saturated carbocycles. The van der Waals surface area contributed by atoms with E-state index in [-0.39, 0.29) is 47.3 Å². The highest BCUT2D eigenvalue weighted by Crippen LogP contribution is 2.36. The Balaban J connectivity index is 0.000000400. The molecular formula is C24H28Cl2N2O12. The molecule has 0 heterocycles. The lowest BCUT2D eigenvalue weighted by Gasteiger charge is -2.11. The van der Waals surface area contributed by atoms with Crippen molar-refractivity contribution in [3.05, 3.63) is 55.6 Å². The van der Waals surface area contributed by atoms with Crippen LogP contribution in [0, 0.1) is 20.2 Å². The van der Waals surface area contributed by atoms with Gasteiger partial charge in [0.2, 0.25) is 0 Å². The zero-order valence-electron chi connectivity index (χ0n) is 22.1. The minimum absolute atomic E-state index is 0.178. The molecule has 2 rings (SSSR count). The minimum Gasteiger partial charge on any atom is -0.493 e. The molecular weight excluding hydrogens is 579 g/mol. The van der Waals surface area contributed by atoms with Crippen LogP contribution in [-0.4, -0.2) is 75.2 Å². The van der Waals surface area contributed by atoms with E-state index in [9.17, 15) is 29.8 Å². The van der Waals surface area contributed by atoms with Crippen LogP contribution in [0.1, 0.15) is 33.6 Å². The molecule has 16 heteroatoms. The van der Waals surface area contributed by atoms with Crippen LogP contribution in [0.2, 0.25) is 0 Å². The van der Waals surface area contributed by atoms with Gasteiger partial charge in [0.1, 0.15) is 11.1 Å². The molecule has 0 bridgehead atoms. The predicted octanol–water partition coefficient (Wildman–Crippen LogP) is 4.80. The van der Waals surface area contributed by atoms with Crippen molar-refractivity contribution in [2.75, 3.05) is 53.4 Å². The summed E-state index contributed by atoms with van der Waals surface area (Å²) in [6, 6.07) is 4.72. The Kier molecular flexibility index (Phi) is 14.9. The van der Waals surface area contributed by atoms with Crippen molar-refractivity contribution in [1.29, 1.82) is 0 Å². The summed E-state index contributed by atoms with van der Waals surface area (Å²) in [7, 11) is 5.03. The predicted molar refractivity (Wildman–Crippen MR) is 144 cm³/mol. The molecule has 14 nitrogen and oxygen atoms in total. The molecule has 0 amide bonds. The van der Waals surface area contributed by atoms with Crippen molar-refractivity contribution in [3.8, 4) is 23.0 Å². The molecule has 0 N–H and O–H groups in total. The first-order chi connectivity index (χ1) is 19.1. The average Bonchev–Trinajstić information content (AvgIpc) is 2.96. The topological polar surface area (TPSA) is 176 Å². The molecule has 0 aliphatic rings. The number of methoxy groups -OCH3 is 4. The van der Waals surface area contributed by atoms with Gasteiger partial charge in [0.15, 0.2) is 23.0 Å². The average molecular weight is 607 g/mol. The number of hydrogen-bond donors (Lipinski definition) is 0. The highest BCUT2D eigenvalue weighted by atomic mass is 35.5. The van der Waals surface area contributed by atoms with Gasteiger partial charge >= 0.3 is 11.9 Å². The van der Waals surface area contributed by atoms with E-state index in [4.69, 9.17) is 42.1 Å². The smallest absolute Gasteiger partial charge is 0.345 e. The van der Waals surface area contributed by atoms with E-state index in [2.05, 4.69) is 9.47 Å². The molecule has 2 aromatic carbocycles. The molecule has 0 unspecified atom stereocenters. The van der Waals surface area contributed by atoms with Crippen LogP contribution in [0.25, 0.3) is 0 Å². The fourth-order valence-corrected chi connectivity index (χ4v) is 3.18. The molecule has 0 atom stereocenters. The largest absolute Gasteiger partial charge is 0.493 e. The Morgan fingerprint density at radius 3 is 1.27 bits per heavy atom. The van der Waals surface area contributed by atoms with E-state index >= 15 is 0 Å². The van der Waals surface area contributed by atoms with Crippen LogP contribution in [0.15, 0.2) is 24.3 Å². The lowest BCUT2D eigenvalue weighted by Crippen LogP contribution is -2.08. The quantitative estimate of drug-likeness (QED) is 0.0945. The van der Waals surface area contributed by atoms with E-state index in [1.165, 1.54) is 26.4 Å². The third kappa shape index (κ3) is 9.61. The lowest BCUT2D eigenvalue weighted by molar-refractivity contribution is -0.385. The number of nitro benzene ring substituents is 2. The van der Waals surface area contributed by atoms with Crippen molar-refractivity contribution >= 4 is 46.5 Å². The van der Waals surface area contributed by atoms with Crippen molar-refractivity contribution in [3.63, 3.8) is 0 Å². The number of nitro groups is 2. The number of rotatable bonds is 14. The highest BCUT2D eigenvalue weighted by molar-refractivity contribution is 6.18. The number of hydrogen-bond acceptors (Lipinski definition) is 12. The summed E-state index contributed by atoms with van der Waals surface area (Å²) in [5.41, 5.74) is -1.20. The summed E-state index contributed by atoms with van der Waals surface area (Å²) in [4.78, 5) is 43.7. The zero-order chi connectivity index (χ0) is 30.2. The summed E-state index contributed by atoms with van der Waals surface area (Å²) in [5.74, 6) is -0.0373. The standard InChI is InChI=1S/2C12H14ClNO6/c2*1-18-10-6-8(12(15)19-2)9(14(16)17)7-11(10)20-5-3-4-13/h2*6-7H,3-5H2,1-2H3. The first-order valence-corrected chi connectivity index (χ1v) is 12.4. The molecule has 0 fully saturated rings. The third-order valence-corrected chi connectivity index (χ3v) is 5.37. The summed E-state index contributed by atoms with van der Waals surface area (Å²) in [6.45, 7) is 0.573. The first kappa shape index (κ1) is 34.0. The van der Waals surface area contributed by atoms with Crippen LogP contribution >= 0.6 is 23.2 Å². The van der Waals surface area contributed by atoms with E-state index < -0.39 is 33.2 Å². The number of esters is 2. The molecule has 2 aromatic rings. The van der Waals surface area contributed by atoms with Gasteiger partial charge in [-0.05, 0) is 12.8 Å². The van der Waals surface area contributed by atoms with Gasteiger partial charge in [0.25, 0.3) is 11.4 Å². The number of halogens is 2. The summed E-state index contributed by atoms with van der Waals surface area (Å²) < 4.78 is 29.9. The Labute approximate surface area is 239 Å². The Bertz CT molecular complexity index is 1100. The lowest BCUT2D eigenvalue weighted by atomic mass is 10.1. The Hall–Kier alpha value is -4.04. The minimum atomic E-state index is -0.817. The van der Waals surface area contributed by atoms with Gasteiger partial charge in [-0.25, -0.2) is 9.59 Å². The van der Waals surface area contributed by atoms with Gasteiger partial charge in [-0.15, -0.1) is 23.2 Å². The van der Waals surface area contributed by atoms with Crippen molar-refractivity contribution < 1.29 is 47.9 Å². The molecule has 0 aromatic heterocycles. The SMILES string of the molecule is COC(=O)c1cc(OC)c(OCCCCl)cc1[N+](=O)[O-].COC(=O)c1cc(OC)c(OCCCCl)cc1[N+](=O)[O-]. The Morgan fingerprint density at radius 2 is 1.02 bits per heavy atom. The molecule has 0 aliphatic heterocycles. The van der Waals surface area contributed by atoms with Gasteiger partial charge in [-0.3, -0.25) is 20.2 Å². The van der Waals surface area contributed by atoms with Crippen LogP contribution in [0.4, 0.5) is 11.4 Å². The number of nitrogens with zero attached hydrogens (tertiary/aromatic N) is 2. The monoisotopic (exact) mass is 606 g/mol. The number of carbonyl (C=O) groups is 2. The van der Waals surface area contributed by atoms with E-state index in [0.29, 0.717) is 24.6 Å². The molecule has 0 aliphatic carbocycles. The molecule has 0 spiro atoms. The molecule has 40 heavy (non-hydrogen) atoms. The Morgan fingerprint density at radius 1 is 0.675 bits per heavy atom. The molecule has 0 saturated heterocycles. The van der Waals surface area contributed by atoms with Gasteiger partial charge in [-0.2, -0.15) is 0 Å². The second-order valence-corrected chi connectivity index (χ2v) is 8.08. The number of carbonyl (C=O) groups excluding carboxylic acids is 2. The van der Waals surface area contributed by atoms with E-state index in [0.717, 1.165) is 26.4 Å². The normalized spacial score (nSPS) is 9.95. The summed E-state index contributed by atoms with van der Waals surface area (Å²) >= 11 is 11.1. The van der Waals surface area contributed by atoms with E-state index in [1.54, 1.807) is 0 Å². The van der Waals surface area contributed by atoms with E-state index in [1.807, 2.05) is 0 Å². The zero-order valence-corrected chi connectivity index (χ0v) is 23.6.